The van der Waals surface area contributed by atoms with Crippen molar-refractivity contribution in [2.24, 2.45) is 11.8 Å². The van der Waals surface area contributed by atoms with E-state index in [0.717, 1.165) is 87.9 Å². The number of imidazole rings is 2. The zero-order chi connectivity index (χ0) is 39.7. The maximum Gasteiger partial charge on any atom is 0.407 e. The third-order valence-corrected chi connectivity index (χ3v) is 11.3. The molecule has 0 unspecified atom stereocenters. The Morgan fingerprint density at radius 2 is 1.57 bits per heavy atom. The fraction of sp³-hybridized carbons (Fsp3) is 0.429. The van der Waals surface area contributed by atoms with E-state index in [1.165, 1.54) is 7.11 Å². The summed E-state index contributed by atoms with van der Waals surface area (Å²) in [4.78, 5) is 68.4. The Morgan fingerprint density at radius 1 is 0.839 bits per heavy atom. The third-order valence-electron chi connectivity index (χ3n) is 11.3. The van der Waals surface area contributed by atoms with E-state index in [4.69, 9.17) is 14.7 Å². The first-order valence-corrected chi connectivity index (χ1v) is 19.4. The second kappa shape index (κ2) is 16.0. The van der Waals surface area contributed by atoms with Crippen molar-refractivity contribution in [1.82, 2.24) is 40.8 Å². The van der Waals surface area contributed by atoms with E-state index in [1.54, 1.807) is 0 Å². The summed E-state index contributed by atoms with van der Waals surface area (Å²) in [5.74, 6) is 0.803. The van der Waals surface area contributed by atoms with Gasteiger partial charge in [0, 0.05) is 23.9 Å². The standard InChI is InChI=1S/C42H50N8O6/c1-22(2)34(48-41(53)54)39(51)46-30-9-6-8-29(30)37-43-21-32(45-37)25-13-11-24(12-14-25)26-15-17-28-27(20-26)16-18-31-36(28)47-38(44-31)33-10-7-19-50(33)40(52)35(23(3)4)49-42(55)56-5/h11-18,20-23,29-30,33-35,48H,6-10,19H2,1-5H3,(H,43,45)(H,44,47)(H,46,51)(H,49,55)(H,53,54)/t29-,30-,33-,34-,35-/m0/s1. The van der Waals surface area contributed by atoms with E-state index < -0.39 is 24.3 Å². The summed E-state index contributed by atoms with van der Waals surface area (Å²) in [6.45, 7) is 8.04. The van der Waals surface area contributed by atoms with Crippen molar-refractivity contribution in [2.45, 2.75) is 89.9 Å². The Labute approximate surface area is 325 Å². The van der Waals surface area contributed by atoms with Crippen molar-refractivity contribution >= 4 is 45.8 Å². The van der Waals surface area contributed by atoms with Crippen LogP contribution in [0.1, 0.15) is 83.4 Å². The molecule has 4 amide bonds. The number of nitrogens with one attached hydrogen (secondary N) is 5. The van der Waals surface area contributed by atoms with E-state index in [1.807, 2.05) is 44.9 Å². The maximum absolute atomic E-state index is 13.7. The molecule has 3 heterocycles. The van der Waals surface area contributed by atoms with E-state index in [0.29, 0.717) is 6.54 Å². The van der Waals surface area contributed by atoms with Gasteiger partial charge in [0.05, 0.1) is 36.1 Å². The van der Waals surface area contributed by atoms with Crippen LogP contribution in [0, 0.1) is 11.8 Å². The number of carbonyl (C=O) groups is 4. The number of ether oxygens (including phenoxy) is 1. The Morgan fingerprint density at radius 3 is 2.29 bits per heavy atom. The predicted octanol–water partition coefficient (Wildman–Crippen LogP) is 6.86. The summed E-state index contributed by atoms with van der Waals surface area (Å²) in [5, 5.41) is 19.4. The number of rotatable bonds is 11. The number of hydrogen-bond acceptors (Lipinski definition) is 7. The van der Waals surface area contributed by atoms with Crippen LogP contribution in [0.25, 0.3) is 44.2 Å². The molecule has 1 saturated heterocycles. The lowest BCUT2D eigenvalue weighted by atomic mass is 9.99. The number of carboxylic acid groups (broad SMARTS) is 1. The summed E-state index contributed by atoms with van der Waals surface area (Å²) in [6.07, 6.45) is 4.22. The molecule has 14 nitrogen and oxygen atoms in total. The first-order chi connectivity index (χ1) is 26.9. The van der Waals surface area contributed by atoms with E-state index >= 15 is 0 Å². The van der Waals surface area contributed by atoms with Gasteiger partial charge in [-0.05, 0) is 71.7 Å². The highest BCUT2D eigenvalue weighted by molar-refractivity contribution is 6.05. The normalized spacial score (nSPS) is 19.4. The molecule has 0 bridgehead atoms. The highest BCUT2D eigenvalue weighted by atomic mass is 16.5. The summed E-state index contributed by atoms with van der Waals surface area (Å²) in [6, 6.07) is 16.9. The molecular weight excluding hydrogens is 713 g/mol. The van der Waals surface area contributed by atoms with Gasteiger partial charge in [0.2, 0.25) is 11.8 Å². The number of benzene rings is 3. The second-order valence-corrected chi connectivity index (χ2v) is 15.6. The van der Waals surface area contributed by atoms with Gasteiger partial charge in [0.1, 0.15) is 23.7 Å². The van der Waals surface area contributed by atoms with E-state index in [-0.39, 0.29) is 41.7 Å². The molecule has 0 spiro atoms. The smallest absolute Gasteiger partial charge is 0.407 e. The van der Waals surface area contributed by atoms with Gasteiger partial charge in [-0.25, -0.2) is 19.6 Å². The second-order valence-electron chi connectivity index (χ2n) is 15.6. The van der Waals surface area contributed by atoms with Gasteiger partial charge in [-0.15, -0.1) is 0 Å². The Bertz CT molecular complexity index is 2240. The van der Waals surface area contributed by atoms with Gasteiger partial charge in [-0.3, -0.25) is 9.59 Å². The molecule has 5 atom stereocenters. The Kier molecular flexibility index (Phi) is 11.0. The number of H-pyrrole nitrogens is 2. The maximum atomic E-state index is 13.7. The number of methoxy groups -OCH3 is 1. The lowest BCUT2D eigenvalue weighted by Crippen LogP contribution is -2.52. The zero-order valence-electron chi connectivity index (χ0n) is 32.4. The molecule has 56 heavy (non-hydrogen) atoms. The molecule has 2 fully saturated rings. The van der Waals surface area contributed by atoms with Crippen molar-refractivity contribution in [3.8, 4) is 22.4 Å². The lowest BCUT2D eigenvalue weighted by molar-refractivity contribution is -0.135. The number of amides is 4. The Balaban J connectivity index is 1.05. The number of hydrogen-bond donors (Lipinski definition) is 6. The minimum absolute atomic E-state index is 0.00629. The molecule has 1 aliphatic heterocycles. The minimum Gasteiger partial charge on any atom is -0.465 e. The molecular formula is C42H50N8O6. The first kappa shape index (κ1) is 38.4. The van der Waals surface area contributed by atoms with Crippen LogP contribution in [0.5, 0.6) is 0 Å². The number of fused-ring (bicyclic) bond motifs is 3. The van der Waals surface area contributed by atoms with E-state index in [2.05, 4.69) is 74.4 Å². The van der Waals surface area contributed by atoms with E-state index in [9.17, 15) is 24.3 Å². The van der Waals surface area contributed by atoms with Crippen molar-refractivity contribution in [2.75, 3.05) is 13.7 Å². The number of carbonyl (C=O) groups excluding carboxylic acids is 3. The molecule has 5 aromatic rings. The van der Waals surface area contributed by atoms with Gasteiger partial charge in [0.25, 0.3) is 0 Å². The van der Waals surface area contributed by atoms with Crippen LogP contribution in [-0.4, -0.2) is 85.7 Å². The summed E-state index contributed by atoms with van der Waals surface area (Å²) in [7, 11) is 1.29. The molecule has 294 valence electrons. The Hall–Kier alpha value is -5.92. The number of alkyl carbamates (subject to hydrolysis) is 1. The average Bonchev–Trinajstić information content (AvgIpc) is 4.01. The van der Waals surface area contributed by atoms with Gasteiger partial charge >= 0.3 is 12.2 Å². The molecule has 1 aliphatic carbocycles. The molecule has 3 aromatic carbocycles. The number of nitrogens with zero attached hydrogens (tertiary/aromatic N) is 3. The fourth-order valence-corrected chi connectivity index (χ4v) is 8.27. The van der Waals surface area contributed by atoms with Crippen LogP contribution < -0.4 is 16.0 Å². The van der Waals surface area contributed by atoms with Crippen molar-refractivity contribution in [1.29, 1.82) is 0 Å². The molecule has 2 aliphatic rings. The van der Waals surface area contributed by atoms with Gasteiger partial charge < -0.3 is 40.7 Å². The number of aromatic nitrogens is 4. The average molecular weight is 763 g/mol. The lowest BCUT2D eigenvalue weighted by Gasteiger charge is -2.29. The van der Waals surface area contributed by atoms with Crippen LogP contribution in [0.4, 0.5) is 9.59 Å². The fourth-order valence-electron chi connectivity index (χ4n) is 8.27. The number of likely N-dealkylation sites (tertiary alicyclic amines) is 1. The quantitative estimate of drug-likeness (QED) is 0.0840. The van der Waals surface area contributed by atoms with Gasteiger partial charge in [-0.1, -0.05) is 76.6 Å². The largest absolute Gasteiger partial charge is 0.465 e. The summed E-state index contributed by atoms with van der Waals surface area (Å²) >= 11 is 0. The summed E-state index contributed by atoms with van der Waals surface area (Å²) in [5.41, 5.74) is 5.76. The SMILES string of the molecule is COC(=O)N[C@H](C(=O)N1CCC[C@H]1c1nc2ccc3cc(-c4ccc(-c5cnc([C@H]6CCC[C@@H]6NC(=O)[C@@H](NC(=O)O)C(C)C)[nH]5)cc4)ccc3c2[nH]1)C(C)C. The molecule has 1 saturated carbocycles. The van der Waals surface area contributed by atoms with Gasteiger partial charge in [-0.2, -0.15) is 0 Å². The summed E-state index contributed by atoms with van der Waals surface area (Å²) < 4.78 is 4.78. The molecule has 7 rings (SSSR count). The highest BCUT2D eigenvalue weighted by Gasteiger charge is 2.38. The highest BCUT2D eigenvalue weighted by Crippen LogP contribution is 2.37. The topological polar surface area (TPSA) is 194 Å². The van der Waals surface area contributed by atoms with Crippen molar-refractivity contribution in [3.05, 3.63) is 72.4 Å². The third kappa shape index (κ3) is 7.77. The van der Waals surface area contributed by atoms with Crippen molar-refractivity contribution < 1.29 is 29.0 Å². The van der Waals surface area contributed by atoms with Crippen molar-refractivity contribution in [3.63, 3.8) is 0 Å². The van der Waals surface area contributed by atoms with Crippen LogP contribution in [-0.2, 0) is 14.3 Å². The van der Waals surface area contributed by atoms with Crippen LogP contribution in [0.2, 0.25) is 0 Å². The molecule has 0 radical (unpaired) electrons. The number of aromatic amines is 2. The van der Waals surface area contributed by atoms with Gasteiger partial charge in [0.15, 0.2) is 0 Å². The van der Waals surface area contributed by atoms with Crippen LogP contribution in [0.15, 0.2) is 60.8 Å². The molecule has 14 heteroatoms. The predicted molar refractivity (Wildman–Crippen MR) is 213 cm³/mol. The zero-order valence-corrected chi connectivity index (χ0v) is 32.4. The first-order valence-electron chi connectivity index (χ1n) is 19.4. The van der Waals surface area contributed by atoms with Crippen LogP contribution >= 0.6 is 0 Å². The molecule has 6 N–H and O–H groups in total. The molecule has 2 aromatic heterocycles. The monoisotopic (exact) mass is 762 g/mol. The van der Waals surface area contributed by atoms with Crippen LogP contribution in [0.3, 0.4) is 0 Å². The minimum atomic E-state index is -1.22.